The molecule has 2 rings (SSSR count). The second-order valence-corrected chi connectivity index (χ2v) is 4.60. The Hall–Kier alpha value is 0.286. The van der Waals surface area contributed by atoms with Gasteiger partial charge in [0.15, 0.2) is 0 Å². The molecular weight excluding hydrogens is 253 g/mol. The quantitative estimate of drug-likeness (QED) is 0.573. The molecule has 0 amide bonds. The van der Waals surface area contributed by atoms with E-state index in [-0.39, 0.29) is 51.4 Å². The molecule has 92 valence electrons. The van der Waals surface area contributed by atoms with Gasteiger partial charge in [0, 0.05) is 6.04 Å². The first-order valence-electron chi connectivity index (χ1n) is 6.26. The van der Waals surface area contributed by atoms with E-state index in [0.717, 1.165) is 32.4 Å². The number of hydrogen-bond donors (Lipinski definition) is 0. The van der Waals surface area contributed by atoms with Crippen molar-refractivity contribution < 1.29 is 61.3 Å². The molecule has 4 heteroatoms. The first-order valence-corrected chi connectivity index (χ1v) is 6.26. The maximum absolute atomic E-state index is 11.2. The number of aryl methyl sites for hydroxylation is 1. The summed E-state index contributed by atoms with van der Waals surface area (Å²) in [6.07, 6.45) is 3.66. The van der Waals surface area contributed by atoms with E-state index in [9.17, 15) is 9.90 Å². The summed E-state index contributed by atoms with van der Waals surface area (Å²) in [7, 11) is 0. The third kappa shape index (κ3) is 4.76. The Morgan fingerprint density at radius 1 is 1.22 bits per heavy atom. The van der Waals surface area contributed by atoms with Crippen LogP contribution in [0.1, 0.15) is 24.8 Å². The average Bonchev–Trinajstić information content (AvgIpc) is 2.84. The van der Waals surface area contributed by atoms with Gasteiger partial charge >= 0.3 is 51.4 Å². The maximum Gasteiger partial charge on any atom is 1.00 e. The Morgan fingerprint density at radius 3 is 2.39 bits per heavy atom. The van der Waals surface area contributed by atoms with Gasteiger partial charge in [-0.1, -0.05) is 30.3 Å². The second kappa shape index (κ2) is 8.46. The van der Waals surface area contributed by atoms with Crippen LogP contribution in [0, 0.1) is 0 Å². The molecule has 1 aromatic rings. The van der Waals surface area contributed by atoms with Crippen molar-refractivity contribution in [3.8, 4) is 0 Å². The SMILES string of the molecule is O=C([O-])[C@@H](CCc1ccccc1)N1CCCC1.[K+]. The van der Waals surface area contributed by atoms with Gasteiger partial charge in [-0.3, -0.25) is 4.90 Å². The zero-order valence-electron chi connectivity index (χ0n) is 11.0. The summed E-state index contributed by atoms with van der Waals surface area (Å²) in [5, 5.41) is 11.2. The van der Waals surface area contributed by atoms with E-state index >= 15 is 0 Å². The van der Waals surface area contributed by atoms with Crippen molar-refractivity contribution in [1.29, 1.82) is 0 Å². The molecule has 1 aromatic carbocycles. The third-order valence-electron chi connectivity index (χ3n) is 3.40. The Balaban J connectivity index is 0.00000162. The van der Waals surface area contributed by atoms with Gasteiger partial charge in [-0.25, -0.2) is 0 Å². The number of carbonyl (C=O) groups excluding carboxylic acids is 1. The average molecular weight is 271 g/mol. The number of hydrogen-bond acceptors (Lipinski definition) is 3. The Bertz CT molecular complexity index is 363. The number of benzene rings is 1. The number of nitrogens with zero attached hydrogens (tertiary/aromatic N) is 1. The molecule has 1 heterocycles. The largest absolute Gasteiger partial charge is 1.00 e. The summed E-state index contributed by atoms with van der Waals surface area (Å²) in [6, 6.07) is 9.60. The molecule has 3 nitrogen and oxygen atoms in total. The van der Waals surface area contributed by atoms with Crippen LogP contribution in [-0.4, -0.2) is 30.0 Å². The minimum absolute atomic E-state index is 0. The first-order chi connectivity index (χ1) is 8.27. The molecule has 1 aliphatic heterocycles. The minimum Gasteiger partial charge on any atom is -0.548 e. The predicted octanol–water partition coefficient (Wildman–Crippen LogP) is -2.16. The van der Waals surface area contributed by atoms with Crippen molar-refractivity contribution in [3.05, 3.63) is 35.9 Å². The summed E-state index contributed by atoms with van der Waals surface area (Å²) in [5.41, 5.74) is 1.19. The Morgan fingerprint density at radius 2 is 1.83 bits per heavy atom. The fourth-order valence-corrected chi connectivity index (χ4v) is 2.45. The minimum atomic E-state index is -0.928. The monoisotopic (exact) mass is 271 g/mol. The van der Waals surface area contributed by atoms with Crippen molar-refractivity contribution in [3.63, 3.8) is 0 Å². The summed E-state index contributed by atoms with van der Waals surface area (Å²) in [4.78, 5) is 13.2. The van der Waals surface area contributed by atoms with Crippen LogP contribution in [0.3, 0.4) is 0 Å². The summed E-state index contributed by atoms with van der Waals surface area (Å²) < 4.78 is 0. The van der Waals surface area contributed by atoms with Gasteiger partial charge in [0.05, 0.1) is 5.97 Å². The van der Waals surface area contributed by atoms with E-state index in [4.69, 9.17) is 0 Å². The molecule has 1 fully saturated rings. The van der Waals surface area contributed by atoms with Gasteiger partial charge in [0.2, 0.25) is 0 Å². The van der Waals surface area contributed by atoms with Gasteiger partial charge in [-0.05, 0) is 44.3 Å². The molecule has 1 aliphatic rings. The van der Waals surface area contributed by atoms with E-state index in [1.807, 2.05) is 35.2 Å². The van der Waals surface area contributed by atoms with Gasteiger partial charge in [-0.15, -0.1) is 0 Å². The second-order valence-electron chi connectivity index (χ2n) is 4.60. The number of aliphatic carboxylic acids is 1. The van der Waals surface area contributed by atoms with Crippen LogP contribution in [0.4, 0.5) is 0 Å². The number of likely N-dealkylation sites (tertiary alicyclic amines) is 1. The zero-order chi connectivity index (χ0) is 12.1. The molecular formula is C14H18KNO2. The van der Waals surface area contributed by atoms with Crippen LogP contribution in [-0.2, 0) is 11.2 Å². The Labute approximate surface area is 151 Å². The summed E-state index contributed by atoms with van der Waals surface area (Å²) in [5.74, 6) is -0.928. The molecule has 18 heavy (non-hydrogen) atoms. The number of carboxylic acids is 1. The van der Waals surface area contributed by atoms with Gasteiger partial charge in [0.1, 0.15) is 0 Å². The molecule has 0 unspecified atom stereocenters. The normalized spacial score (nSPS) is 17.1. The zero-order valence-corrected chi connectivity index (χ0v) is 14.1. The molecule has 1 saturated heterocycles. The van der Waals surface area contributed by atoms with E-state index in [0.29, 0.717) is 6.42 Å². The fourth-order valence-electron chi connectivity index (χ4n) is 2.45. The van der Waals surface area contributed by atoms with Crippen LogP contribution in [0.2, 0.25) is 0 Å². The van der Waals surface area contributed by atoms with Gasteiger partial charge < -0.3 is 9.90 Å². The molecule has 0 bridgehead atoms. The number of rotatable bonds is 5. The van der Waals surface area contributed by atoms with E-state index in [2.05, 4.69) is 0 Å². The van der Waals surface area contributed by atoms with Crippen LogP contribution in [0.25, 0.3) is 0 Å². The molecule has 0 spiro atoms. The summed E-state index contributed by atoms with van der Waals surface area (Å²) >= 11 is 0. The van der Waals surface area contributed by atoms with Crippen LogP contribution < -0.4 is 56.5 Å². The van der Waals surface area contributed by atoms with Crippen molar-refractivity contribution in [2.45, 2.75) is 31.7 Å². The summed E-state index contributed by atoms with van der Waals surface area (Å²) in [6.45, 7) is 1.79. The fraction of sp³-hybridized carbons (Fsp3) is 0.500. The van der Waals surface area contributed by atoms with E-state index in [1.54, 1.807) is 0 Å². The van der Waals surface area contributed by atoms with E-state index < -0.39 is 12.0 Å². The molecule has 0 aromatic heterocycles. The smallest absolute Gasteiger partial charge is 0.548 e. The third-order valence-corrected chi connectivity index (χ3v) is 3.40. The number of carboxylic acid groups (broad SMARTS) is 1. The molecule has 0 saturated carbocycles. The molecule has 1 atom stereocenters. The van der Waals surface area contributed by atoms with E-state index in [1.165, 1.54) is 5.56 Å². The standard InChI is InChI=1S/C14H19NO2.K/c16-14(17)13(15-10-4-5-11-15)9-8-12-6-2-1-3-7-12;/h1-3,6-7,13H,4-5,8-11H2,(H,16,17);/q;+1/p-1/t13-;/m1./s1. The van der Waals surface area contributed by atoms with Crippen molar-refractivity contribution in [2.24, 2.45) is 0 Å². The first kappa shape index (κ1) is 16.3. The maximum atomic E-state index is 11.2. The topological polar surface area (TPSA) is 43.4 Å². The van der Waals surface area contributed by atoms with Gasteiger partial charge in [-0.2, -0.15) is 0 Å². The van der Waals surface area contributed by atoms with Crippen molar-refractivity contribution >= 4 is 5.97 Å². The van der Waals surface area contributed by atoms with Crippen molar-refractivity contribution in [1.82, 2.24) is 4.90 Å². The van der Waals surface area contributed by atoms with Crippen molar-refractivity contribution in [2.75, 3.05) is 13.1 Å². The van der Waals surface area contributed by atoms with Gasteiger partial charge in [0.25, 0.3) is 0 Å². The Kier molecular flexibility index (Phi) is 7.68. The molecule has 0 N–H and O–H groups in total. The van der Waals surface area contributed by atoms with Crippen LogP contribution >= 0.6 is 0 Å². The van der Waals surface area contributed by atoms with Crippen LogP contribution in [0.5, 0.6) is 0 Å². The van der Waals surface area contributed by atoms with Crippen LogP contribution in [0.15, 0.2) is 30.3 Å². The predicted molar refractivity (Wildman–Crippen MR) is 64.4 cm³/mol. The number of carbonyl (C=O) groups is 1. The molecule has 0 aliphatic carbocycles. The molecule has 0 radical (unpaired) electrons.